The number of benzene rings is 1. The second-order valence-corrected chi connectivity index (χ2v) is 5.63. The number of hydrogen-bond donors (Lipinski definition) is 1. The summed E-state index contributed by atoms with van der Waals surface area (Å²) >= 11 is 0. The van der Waals surface area contributed by atoms with E-state index in [0.717, 1.165) is 12.6 Å². The van der Waals surface area contributed by atoms with Gasteiger partial charge in [0.05, 0.1) is 0 Å². The lowest BCUT2D eigenvalue weighted by Crippen LogP contribution is -2.36. The molecule has 0 amide bonds. The van der Waals surface area contributed by atoms with Gasteiger partial charge in [-0.3, -0.25) is 4.90 Å². The molecule has 2 atom stereocenters. The van der Waals surface area contributed by atoms with Crippen LogP contribution in [-0.4, -0.2) is 36.6 Å². The standard InChI is InChI=1S/C16H22N2/c1-13(14-5-3-2-4-6-14)11-18-10-9-15-7-8-16(12-18)17-15/h2-6,15-17H,1,7-12H2. The van der Waals surface area contributed by atoms with Crippen molar-refractivity contribution in [3.8, 4) is 0 Å². The van der Waals surface area contributed by atoms with Crippen LogP contribution in [0.2, 0.25) is 0 Å². The third-order valence-corrected chi connectivity index (χ3v) is 4.20. The molecule has 2 unspecified atom stereocenters. The highest BCUT2D eigenvalue weighted by atomic mass is 15.2. The first kappa shape index (κ1) is 11.9. The maximum absolute atomic E-state index is 4.25. The third-order valence-electron chi connectivity index (χ3n) is 4.20. The molecule has 96 valence electrons. The van der Waals surface area contributed by atoms with E-state index >= 15 is 0 Å². The van der Waals surface area contributed by atoms with Crippen LogP contribution < -0.4 is 5.32 Å². The lowest BCUT2D eigenvalue weighted by atomic mass is 10.0. The van der Waals surface area contributed by atoms with Crippen molar-refractivity contribution in [1.29, 1.82) is 0 Å². The minimum absolute atomic E-state index is 0.709. The fourth-order valence-electron chi connectivity index (χ4n) is 3.19. The van der Waals surface area contributed by atoms with Crippen LogP contribution in [0.1, 0.15) is 24.8 Å². The third kappa shape index (κ3) is 2.65. The Bertz CT molecular complexity index is 412. The van der Waals surface area contributed by atoms with Crippen LogP contribution >= 0.6 is 0 Å². The van der Waals surface area contributed by atoms with Crippen LogP contribution in [0.5, 0.6) is 0 Å². The molecular weight excluding hydrogens is 220 g/mol. The molecule has 0 saturated carbocycles. The van der Waals surface area contributed by atoms with Gasteiger partial charge < -0.3 is 5.32 Å². The quantitative estimate of drug-likeness (QED) is 0.876. The lowest BCUT2D eigenvalue weighted by molar-refractivity contribution is 0.289. The summed E-state index contributed by atoms with van der Waals surface area (Å²) in [5, 5.41) is 3.72. The molecule has 2 aliphatic rings. The summed E-state index contributed by atoms with van der Waals surface area (Å²) in [5.41, 5.74) is 2.52. The van der Waals surface area contributed by atoms with E-state index in [1.807, 2.05) is 0 Å². The van der Waals surface area contributed by atoms with Crippen molar-refractivity contribution in [2.45, 2.75) is 31.3 Å². The molecule has 2 aliphatic heterocycles. The molecule has 2 heteroatoms. The molecule has 0 aromatic heterocycles. The van der Waals surface area contributed by atoms with Crippen molar-refractivity contribution in [3.05, 3.63) is 42.5 Å². The first-order valence-electron chi connectivity index (χ1n) is 7.03. The van der Waals surface area contributed by atoms with Gasteiger partial charge in [-0.15, -0.1) is 0 Å². The number of likely N-dealkylation sites (tertiary alicyclic amines) is 1. The monoisotopic (exact) mass is 242 g/mol. The van der Waals surface area contributed by atoms with Crippen LogP contribution in [0, 0.1) is 0 Å². The summed E-state index contributed by atoms with van der Waals surface area (Å²) in [6, 6.07) is 12.0. The van der Waals surface area contributed by atoms with Crippen LogP contribution in [0.4, 0.5) is 0 Å². The van der Waals surface area contributed by atoms with Gasteiger partial charge >= 0.3 is 0 Å². The molecule has 0 radical (unpaired) electrons. The van der Waals surface area contributed by atoms with E-state index in [-0.39, 0.29) is 0 Å². The second-order valence-electron chi connectivity index (χ2n) is 5.63. The van der Waals surface area contributed by atoms with Gasteiger partial charge in [-0.1, -0.05) is 36.9 Å². The number of rotatable bonds is 3. The number of hydrogen-bond acceptors (Lipinski definition) is 2. The van der Waals surface area contributed by atoms with E-state index in [4.69, 9.17) is 0 Å². The Hall–Kier alpha value is -1.12. The normalized spacial score (nSPS) is 28.0. The summed E-state index contributed by atoms with van der Waals surface area (Å²) in [4.78, 5) is 2.56. The Kier molecular flexibility index (Phi) is 3.48. The summed E-state index contributed by atoms with van der Waals surface area (Å²) < 4.78 is 0. The fourth-order valence-corrected chi connectivity index (χ4v) is 3.19. The number of nitrogens with one attached hydrogen (secondary N) is 1. The molecule has 2 saturated heterocycles. The molecular formula is C16H22N2. The van der Waals surface area contributed by atoms with Crippen molar-refractivity contribution in [1.82, 2.24) is 10.2 Å². The van der Waals surface area contributed by atoms with E-state index in [9.17, 15) is 0 Å². The average Bonchev–Trinajstić information content (AvgIpc) is 2.74. The van der Waals surface area contributed by atoms with Crippen molar-refractivity contribution in [3.63, 3.8) is 0 Å². The van der Waals surface area contributed by atoms with Crippen molar-refractivity contribution >= 4 is 5.57 Å². The summed E-state index contributed by atoms with van der Waals surface area (Å²) in [6.07, 6.45) is 4.01. The highest BCUT2D eigenvalue weighted by molar-refractivity contribution is 5.64. The Morgan fingerprint density at radius 3 is 2.78 bits per heavy atom. The van der Waals surface area contributed by atoms with Crippen LogP contribution in [0.3, 0.4) is 0 Å². The molecule has 0 spiro atoms. The summed E-state index contributed by atoms with van der Waals surface area (Å²) in [6.45, 7) is 7.65. The van der Waals surface area contributed by atoms with E-state index in [1.165, 1.54) is 43.5 Å². The summed E-state index contributed by atoms with van der Waals surface area (Å²) in [7, 11) is 0. The molecule has 18 heavy (non-hydrogen) atoms. The Morgan fingerprint density at radius 1 is 1.17 bits per heavy atom. The molecule has 1 aromatic carbocycles. The summed E-state index contributed by atoms with van der Waals surface area (Å²) in [5.74, 6) is 0. The average molecular weight is 242 g/mol. The van der Waals surface area contributed by atoms with Gasteiger partial charge in [-0.25, -0.2) is 0 Å². The Balaban J connectivity index is 1.61. The second kappa shape index (κ2) is 5.25. The van der Waals surface area contributed by atoms with Gasteiger partial charge in [0, 0.05) is 31.7 Å². The van der Waals surface area contributed by atoms with Gasteiger partial charge in [0.25, 0.3) is 0 Å². The predicted molar refractivity (Wildman–Crippen MR) is 76.5 cm³/mol. The van der Waals surface area contributed by atoms with Crippen LogP contribution in [0.15, 0.2) is 36.9 Å². The molecule has 2 fully saturated rings. The maximum atomic E-state index is 4.25. The Morgan fingerprint density at radius 2 is 1.94 bits per heavy atom. The van der Waals surface area contributed by atoms with E-state index in [0.29, 0.717) is 6.04 Å². The fraction of sp³-hybridized carbons (Fsp3) is 0.500. The molecule has 1 N–H and O–H groups in total. The first-order valence-corrected chi connectivity index (χ1v) is 7.03. The van der Waals surface area contributed by atoms with Crippen LogP contribution in [-0.2, 0) is 0 Å². The van der Waals surface area contributed by atoms with Gasteiger partial charge in [-0.2, -0.15) is 0 Å². The van der Waals surface area contributed by atoms with Crippen molar-refractivity contribution in [2.75, 3.05) is 19.6 Å². The van der Waals surface area contributed by atoms with Crippen molar-refractivity contribution in [2.24, 2.45) is 0 Å². The molecule has 2 nitrogen and oxygen atoms in total. The largest absolute Gasteiger partial charge is 0.310 e. The van der Waals surface area contributed by atoms with Gasteiger partial charge in [0.2, 0.25) is 0 Å². The van der Waals surface area contributed by atoms with Gasteiger partial charge in [0.15, 0.2) is 0 Å². The molecule has 0 aliphatic carbocycles. The van der Waals surface area contributed by atoms with Crippen LogP contribution in [0.25, 0.3) is 5.57 Å². The Labute approximate surface area is 110 Å². The number of nitrogens with zero attached hydrogens (tertiary/aromatic N) is 1. The zero-order valence-electron chi connectivity index (χ0n) is 10.9. The first-order chi connectivity index (χ1) is 8.81. The van der Waals surface area contributed by atoms with Crippen molar-refractivity contribution < 1.29 is 0 Å². The maximum Gasteiger partial charge on any atom is 0.0234 e. The highest BCUT2D eigenvalue weighted by Gasteiger charge is 2.29. The van der Waals surface area contributed by atoms with E-state index in [2.05, 4.69) is 47.1 Å². The minimum Gasteiger partial charge on any atom is -0.310 e. The lowest BCUT2D eigenvalue weighted by Gasteiger charge is -2.24. The smallest absolute Gasteiger partial charge is 0.0234 e. The SMILES string of the molecule is C=C(CN1CCC2CCC(C1)N2)c1ccccc1. The van der Waals surface area contributed by atoms with Gasteiger partial charge in [-0.05, 0) is 30.4 Å². The van der Waals surface area contributed by atoms with Gasteiger partial charge in [0.1, 0.15) is 0 Å². The molecule has 1 aromatic rings. The zero-order valence-corrected chi connectivity index (χ0v) is 10.9. The number of fused-ring (bicyclic) bond motifs is 2. The minimum atomic E-state index is 0.709. The molecule has 2 bridgehead atoms. The molecule has 2 heterocycles. The zero-order chi connectivity index (χ0) is 12.4. The predicted octanol–water partition coefficient (Wildman–Crippen LogP) is 2.53. The highest BCUT2D eigenvalue weighted by Crippen LogP contribution is 2.22. The topological polar surface area (TPSA) is 15.3 Å². The molecule has 3 rings (SSSR count). The van der Waals surface area contributed by atoms with E-state index < -0.39 is 0 Å². The van der Waals surface area contributed by atoms with E-state index in [1.54, 1.807) is 0 Å².